The number of aliphatic hydroxyl groups excluding tert-OH is 2. The van der Waals surface area contributed by atoms with Gasteiger partial charge in [-0.2, -0.15) is 13.2 Å². The van der Waals surface area contributed by atoms with E-state index in [-0.39, 0.29) is 36.3 Å². The zero-order valence-electron chi connectivity index (χ0n) is 23.2. The van der Waals surface area contributed by atoms with Crippen molar-refractivity contribution in [1.29, 1.82) is 0 Å². The molecule has 0 saturated heterocycles. The predicted molar refractivity (Wildman–Crippen MR) is 147 cm³/mol. The molecule has 1 amide bonds. The molecule has 7 N–H and O–H groups in total. The second-order valence-corrected chi connectivity index (χ2v) is 11.4. The number of nitrogens with zero attached hydrogens (tertiary/aromatic N) is 1. The summed E-state index contributed by atoms with van der Waals surface area (Å²) in [5, 5.41) is 47.0. The number of carbonyl (C=O) groups is 3. The molecule has 1 unspecified atom stereocenters. The van der Waals surface area contributed by atoms with Gasteiger partial charge in [-0.15, -0.1) is 0 Å². The van der Waals surface area contributed by atoms with Gasteiger partial charge in [0.15, 0.2) is 11.4 Å². The lowest BCUT2D eigenvalue weighted by atomic mass is 9.58. The molecule has 13 heteroatoms. The second kappa shape index (κ2) is 10.5. The smallest absolute Gasteiger partial charge is 0.401 e. The van der Waals surface area contributed by atoms with Crippen LogP contribution in [-0.4, -0.2) is 81.3 Å². The van der Waals surface area contributed by atoms with Gasteiger partial charge in [-0.3, -0.25) is 19.3 Å². The minimum atomic E-state index is -4.34. The summed E-state index contributed by atoms with van der Waals surface area (Å²) in [6.45, 7) is -1.16. The quantitative estimate of drug-likeness (QED) is 0.272. The SMILES string of the molecule is CN(C)C1C(O)=C(C(N)=O)C(=O)[C@]2(O)C(O)=C3C(=O)c4c(O)ccc(-c5ccc(CNCC(F)(F)F)cc5)c4C[C@H]3C[C@H]12. The van der Waals surface area contributed by atoms with E-state index < -0.39 is 70.8 Å². The summed E-state index contributed by atoms with van der Waals surface area (Å²) in [5.41, 5.74) is 3.58. The summed E-state index contributed by atoms with van der Waals surface area (Å²) in [7, 11) is 3.09. The van der Waals surface area contributed by atoms with Crippen molar-refractivity contribution in [3.63, 3.8) is 0 Å². The summed E-state index contributed by atoms with van der Waals surface area (Å²) < 4.78 is 37.4. The Morgan fingerprint density at radius 1 is 1.09 bits per heavy atom. The molecule has 3 aliphatic rings. The monoisotopic (exact) mass is 601 g/mol. The highest BCUT2D eigenvalue weighted by molar-refractivity contribution is 6.24. The molecule has 2 aromatic rings. The number of likely N-dealkylation sites (N-methyl/N-ethyl adjacent to an activating group) is 1. The van der Waals surface area contributed by atoms with E-state index in [2.05, 4.69) is 5.32 Å². The van der Waals surface area contributed by atoms with E-state index in [0.29, 0.717) is 22.3 Å². The third kappa shape index (κ3) is 4.86. The fraction of sp³-hybridized carbons (Fsp3) is 0.367. The van der Waals surface area contributed by atoms with E-state index in [4.69, 9.17) is 5.73 Å². The highest BCUT2D eigenvalue weighted by Gasteiger charge is 2.63. The first-order valence-corrected chi connectivity index (χ1v) is 13.4. The highest BCUT2D eigenvalue weighted by Crippen LogP contribution is 2.53. The van der Waals surface area contributed by atoms with E-state index in [1.54, 1.807) is 44.4 Å². The molecule has 0 spiro atoms. The van der Waals surface area contributed by atoms with Crippen LogP contribution >= 0.6 is 0 Å². The first-order valence-electron chi connectivity index (χ1n) is 13.4. The molecule has 0 aliphatic heterocycles. The van der Waals surface area contributed by atoms with Crippen molar-refractivity contribution in [1.82, 2.24) is 10.2 Å². The topological polar surface area (TPSA) is 173 Å². The first-order chi connectivity index (χ1) is 20.1. The number of rotatable bonds is 6. The van der Waals surface area contributed by atoms with Crippen LogP contribution in [0.15, 0.2) is 59.1 Å². The van der Waals surface area contributed by atoms with Crippen LogP contribution in [0.5, 0.6) is 5.75 Å². The van der Waals surface area contributed by atoms with Crippen molar-refractivity contribution in [2.45, 2.75) is 37.2 Å². The molecule has 43 heavy (non-hydrogen) atoms. The number of hydrogen-bond acceptors (Lipinski definition) is 9. The van der Waals surface area contributed by atoms with Crippen LogP contribution in [0.2, 0.25) is 0 Å². The largest absolute Gasteiger partial charge is 0.510 e. The zero-order valence-corrected chi connectivity index (χ0v) is 23.2. The van der Waals surface area contributed by atoms with E-state index in [1.165, 1.54) is 11.0 Å². The Morgan fingerprint density at radius 3 is 2.33 bits per heavy atom. The molecule has 0 radical (unpaired) electrons. The van der Waals surface area contributed by atoms with Crippen molar-refractivity contribution < 1.29 is 48.0 Å². The lowest BCUT2D eigenvalue weighted by Gasteiger charge is -2.50. The Labute approximate surface area is 243 Å². The number of carbonyl (C=O) groups excluding carboxylic acids is 3. The molecule has 0 saturated carbocycles. The standard InChI is InChI=1S/C30H30F3N3O7/c1-36(2)23-18-10-15-9-17-16(14-5-3-13(4-6-14)11-35-12-29(31,32)33)7-8-19(37)21(17)24(38)20(15)26(40)30(18,43)27(41)22(25(23)39)28(34)42/h3-8,15,18,23,35,37,39-40,43H,9-12H2,1-2H3,(H2,34,42)/t15-,18+,23?,30+/m0/s1. The van der Waals surface area contributed by atoms with Gasteiger partial charge < -0.3 is 31.5 Å². The van der Waals surface area contributed by atoms with Crippen LogP contribution < -0.4 is 11.1 Å². The fourth-order valence-electron chi connectivity index (χ4n) is 6.67. The Bertz CT molecular complexity index is 1600. The molecular formula is C30H30F3N3O7. The lowest BCUT2D eigenvalue weighted by molar-refractivity contribution is -0.148. The van der Waals surface area contributed by atoms with Gasteiger partial charge in [-0.1, -0.05) is 30.3 Å². The third-order valence-corrected chi connectivity index (χ3v) is 8.53. The van der Waals surface area contributed by atoms with Gasteiger partial charge in [0.1, 0.15) is 22.8 Å². The van der Waals surface area contributed by atoms with Crippen LogP contribution in [-0.2, 0) is 22.6 Å². The molecule has 3 aliphatic carbocycles. The van der Waals surface area contributed by atoms with Gasteiger partial charge in [-0.25, -0.2) is 0 Å². The van der Waals surface area contributed by atoms with Crippen LogP contribution in [0.3, 0.4) is 0 Å². The highest BCUT2D eigenvalue weighted by atomic mass is 19.4. The number of hydrogen-bond donors (Lipinski definition) is 6. The van der Waals surface area contributed by atoms with Crippen LogP contribution in [0, 0.1) is 11.8 Å². The van der Waals surface area contributed by atoms with Gasteiger partial charge in [0.05, 0.1) is 18.2 Å². The number of nitrogens with one attached hydrogen (secondary N) is 1. The number of halogens is 3. The normalized spacial score (nSPS) is 25.5. The Hall–Kier alpha value is -4.20. The number of aromatic hydroxyl groups is 1. The van der Waals surface area contributed by atoms with Gasteiger partial charge in [-0.05, 0) is 61.2 Å². The molecule has 4 atom stereocenters. The lowest BCUT2D eigenvalue weighted by Crippen LogP contribution is -2.63. The number of aliphatic hydroxyl groups is 3. The average Bonchev–Trinajstić information content (AvgIpc) is 2.90. The summed E-state index contributed by atoms with van der Waals surface area (Å²) >= 11 is 0. The number of fused-ring (bicyclic) bond motifs is 3. The number of primary amides is 1. The van der Waals surface area contributed by atoms with Crippen molar-refractivity contribution in [2.24, 2.45) is 17.6 Å². The maximum Gasteiger partial charge on any atom is 0.401 e. The number of benzene rings is 2. The van der Waals surface area contributed by atoms with E-state index in [1.807, 2.05) is 0 Å². The third-order valence-electron chi connectivity index (χ3n) is 8.53. The van der Waals surface area contributed by atoms with Gasteiger partial charge >= 0.3 is 6.18 Å². The molecule has 2 aromatic carbocycles. The summed E-state index contributed by atoms with van der Waals surface area (Å²) in [6, 6.07) is 8.44. The van der Waals surface area contributed by atoms with Gasteiger partial charge in [0.25, 0.3) is 5.91 Å². The number of alkyl halides is 3. The van der Waals surface area contributed by atoms with E-state index in [0.717, 1.165) is 0 Å². The van der Waals surface area contributed by atoms with Gasteiger partial charge in [0.2, 0.25) is 5.78 Å². The van der Waals surface area contributed by atoms with Crippen molar-refractivity contribution in [2.75, 3.05) is 20.6 Å². The Morgan fingerprint density at radius 2 is 1.74 bits per heavy atom. The summed E-state index contributed by atoms with van der Waals surface area (Å²) in [4.78, 5) is 40.8. The van der Waals surface area contributed by atoms with Crippen LogP contribution in [0.1, 0.15) is 27.9 Å². The fourth-order valence-corrected chi connectivity index (χ4v) is 6.67. The molecule has 0 aromatic heterocycles. The van der Waals surface area contributed by atoms with Crippen molar-refractivity contribution in [3.05, 3.63) is 75.8 Å². The zero-order chi connectivity index (χ0) is 31.6. The predicted octanol–water partition coefficient (Wildman–Crippen LogP) is 2.44. The molecule has 0 bridgehead atoms. The number of phenols is 1. The second-order valence-electron chi connectivity index (χ2n) is 11.4. The van der Waals surface area contributed by atoms with E-state index >= 15 is 0 Å². The molecule has 5 rings (SSSR count). The number of nitrogens with two attached hydrogens (primary N) is 1. The maximum atomic E-state index is 13.9. The Kier molecular flexibility index (Phi) is 7.39. The number of amides is 1. The molecule has 228 valence electrons. The summed E-state index contributed by atoms with van der Waals surface area (Å²) in [5.74, 6) is -7.30. The number of ketones is 2. The number of allylic oxidation sites excluding steroid dienone is 1. The summed E-state index contributed by atoms with van der Waals surface area (Å²) in [6.07, 6.45) is -4.29. The maximum absolute atomic E-state index is 13.9. The average molecular weight is 602 g/mol. The molecular weight excluding hydrogens is 571 g/mol. The van der Waals surface area contributed by atoms with E-state index in [9.17, 15) is 48.0 Å². The number of phenolic OH excluding ortho intramolecular Hbond substituents is 1. The van der Waals surface area contributed by atoms with Crippen LogP contribution in [0.25, 0.3) is 11.1 Å². The minimum absolute atomic E-state index is 0.0176. The Balaban J connectivity index is 1.57. The van der Waals surface area contributed by atoms with Crippen LogP contribution in [0.4, 0.5) is 13.2 Å². The van der Waals surface area contributed by atoms with Gasteiger partial charge in [0, 0.05) is 18.0 Å². The van der Waals surface area contributed by atoms with Crippen molar-refractivity contribution >= 4 is 17.5 Å². The molecule has 0 fully saturated rings. The number of Topliss-reactive ketones (excluding diaryl/α,β-unsaturated/α-hetero) is 2. The first kappa shape index (κ1) is 30.3. The minimum Gasteiger partial charge on any atom is -0.510 e. The van der Waals surface area contributed by atoms with Crippen molar-refractivity contribution in [3.8, 4) is 16.9 Å². The molecule has 10 nitrogen and oxygen atoms in total. The molecule has 0 heterocycles.